The molecule has 9 heteroatoms. The lowest BCUT2D eigenvalue weighted by Crippen LogP contribution is -2.48. The molecule has 2 heterocycles. The molecule has 1 N–H and O–H groups in total. The van der Waals surface area contributed by atoms with Crippen molar-refractivity contribution < 1.29 is 22.7 Å². The number of para-hydroxylation sites is 1. The van der Waals surface area contributed by atoms with E-state index in [1.807, 2.05) is 12.1 Å². The monoisotopic (exact) mass is 438 g/mol. The fraction of sp³-hybridized carbons (Fsp3) is 0.500. The Bertz CT molecular complexity index is 1040. The second kappa shape index (κ2) is 7.99. The molecule has 2 aromatic rings. The van der Waals surface area contributed by atoms with E-state index in [4.69, 9.17) is 16.3 Å². The van der Waals surface area contributed by atoms with Gasteiger partial charge in [0.15, 0.2) is 16.4 Å². The SMILES string of the molecule is O=C(OCC(=O)N(C1CCCC1)C1CCS(=O)(=O)C1)c1[nH]c2ccccc2c1Cl. The van der Waals surface area contributed by atoms with Crippen molar-refractivity contribution in [1.29, 1.82) is 0 Å². The Morgan fingerprint density at radius 1 is 1.14 bits per heavy atom. The number of benzene rings is 1. The van der Waals surface area contributed by atoms with Crippen molar-refractivity contribution in [3.63, 3.8) is 0 Å². The molecule has 1 aromatic heterocycles. The molecular weight excluding hydrogens is 416 g/mol. The maximum atomic E-state index is 12.9. The molecule has 1 unspecified atom stereocenters. The normalized spacial score (nSPS) is 21.5. The largest absolute Gasteiger partial charge is 0.451 e. The summed E-state index contributed by atoms with van der Waals surface area (Å²) in [6.07, 6.45) is 4.16. The second-order valence-corrected chi connectivity index (χ2v) is 10.3. The highest BCUT2D eigenvalue weighted by Gasteiger charge is 2.39. The molecule has 1 aliphatic carbocycles. The third kappa shape index (κ3) is 4.14. The zero-order chi connectivity index (χ0) is 20.6. The third-order valence-corrected chi connectivity index (χ3v) is 7.92. The summed E-state index contributed by atoms with van der Waals surface area (Å²) in [5.41, 5.74) is 0.816. The number of halogens is 1. The Labute approximate surface area is 174 Å². The molecule has 156 valence electrons. The number of carbonyl (C=O) groups excluding carboxylic acids is 2. The van der Waals surface area contributed by atoms with Gasteiger partial charge in [0.2, 0.25) is 0 Å². The number of ether oxygens (including phenoxy) is 1. The fourth-order valence-corrected chi connectivity index (χ4v) is 6.41. The van der Waals surface area contributed by atoms with E-state index in [9.17, 15) is 18.0 Å². The average molecular weight is 439 g/mol. The smallest absolute Gasteiger partial charge is 0.356 e. The molecule has 29 heavy (non-hydrogen) atoms. The van der Waals surface area contributed by atoms with Crippen LogP contribution in [0.1, 0.15) is 42.6 Å². The summed E-state index contributed by atoms with van der Waals surface area (Å²) in [5, 5.41) is 0.962. The molecule has 7 nitrogen and oxygen atoms in total. The van der Waals surface area contributed by atoms with Crippen LogP contribution < -0.4 is 0 Å². The molecule has 0 radical (unpaired) electrons. The van der Waals surface area contributed by atoms with E-state index in [2.05, 4.69) is 4.98 Å². The lowest BCUT2D eigenvalue weighted by Gasteiger charge is -2.33. The Morgan fingerprint density at radius 2 is 1.86 bits per heavy atom. The minimum Gasteiger partial charge on any atom is -0.451 e. The Morgan fingerprint density at radius 3 is 2.52 bits per heavy atom. The average Bonchev–Trinajstić information content (AvgIpc) is 3.41. The van der Waals surface area contributed by atoms with Gasteiger partial charge in [0.1, 0.15) is 5.69 Å². The van der Waals surface area contributed by atoms with Gasteiger partial charge in [0.25, 0.3) is 5.91 Å². The highest BCUT2D eigenvalue weighted by molar-refractivity contribution is 7.91. The number of sulfone groups is 1. The van der Waals surface area contributed by atoms with Crippen LogP contribution in [0.2, 0.25) is 5.02 Å². The van der Waals surface area contributed by atoms with E-state index in [0.29, 0.717) is 17.3 Å². The Kier molecular flexibility index (Phi) is 5.57. The van der Waals surface area contributed by atoms with Gasteiger partial charge in [-0.05, 0) is 25.3 Å². The van der Waals surface area contributed by atoms with Crippen LogP contribution in [0.4, 0.5) is 0 Å². The van der Waals surface area contributed by atoms with Crippen LogP contribution in [0.15, 0.2) is 24.3 Å². The molecule has 1 aliphatic heterocycles. The number of H-pyrrole nitrogens is 1. The van der Waals surface area contributed by atoms with Gasteiger partial charge in [0.05, 0.1) is 16.5 Å². The van der Waals surface area contributed by atoms with Gasteiger partial charge >= 0.3 is 5.97 Å². The van der Waals surface area contributed by atoms with Crippen molar-refractivity contribution in [1.82, 2.24) is 9.88 Å². The predicted octanol–water partition coefficient (Wildman–Crippen LogP) is 2.94. The number of aromatic amines is 1. The summed E-state index contributed by atoms with van der Waals surface area (Å²) < 4.78 is 29.1. The first-order chi connectivity index (χ1) is 13.9. The number of amides is 1. The van der Waals surface area contributed by atoms with Crippen LogP contribution in [0.25, 0.3) is 10.9 Å². The van der Waals surface area contributed by atoms with E-state index < -0.39 is 22.4 Å². The Balaban J connectivity index is 1.47. The van der Waals surface area contributed by atoms with Gasteiger partial charge in [-0.25, -0.2) is 13.2 Å². The first-order valence-electron chi connectivity index (χ1n) is 9.80. The molecular formula is C20H23ClN2O5S. The number of nitrogens with one attached hydrogen (secondary N) is 1. The van der Waals surface area contributed by atoms with Gasteiger partial charge in [-0.2, -0.15) is 0 Å². The lowest BCUT2D eigenvalue weighted by molar-refractivity contribution is -0.139. The lowest BCUT2D eigenvalue weighted by atomic mass is 10.1. The molecule has 1 atom stereocenters. The van der Waals surface area contributed by atoms with Crippen LogP contribution in [0.3, 0.4) is 0 Å². The van der Waals surface area contributed by atoms with Crippen molar-refractivity contribution in [3.8, 4) is 0 Å². The standard InChI is InChI=1S/C20H23ClN2O5S/c21-18-15-7-3-4-8-16(15)22-19(18)20(25)28-11-17(24)23(13-5-1-2-6-13)14-9-10-29(26,27)12-14/h3-4,7-8,13-14,22H,1-2,5-6,9-12H2. The number of fused-ring (bicyclic) bond motifs is 1. The van der Waals surface area contributed by atoms with Crippen LogP contribution in [-0.4, -0.2) is 60.4 Å². The van der Waals surface area contributed by atoms with Crippen LogP contribution in [-0.2, 0) is 19.4 Å². The van der Waals surface area contributed by atoms with E-state index >= 15 is 0 Å². The van der Waals surface area contributed by atoms with E-state index in [0.717, 1.165) is 25.7 Å². The van der Waals surface area contributed by atoms with Gasteiger partial charge in [-0.3, -0.25) is 4.79 Å². The molecule has 4 rings (SSSR count). The highest BCUT2D eigenvalue weighted by atomic mass is 35.5. The number of carbonyl (C=O) groups is 2. The van der Waals surface area contributed by atoms with Crippen LogP contribution >= 0.6 is 11.6 Å². The van der Waals surface area contributed by atoms with Crippen molar-refractivity contribution in [2.24, 2.45) is 0 Å². The zero-order valence-corrected chi connectivity index (χ0v) is 17.5. The molecule has 1 saturated heterocycles. The van der Waals surface area contributed by atoms with Gasteiger partial charge in [-0.15, -0.1) is 0 Å². The van der Waals surface area contributed by atoms with Crippen molar-refractivity contribution in [2.75, 3.05) is 18.1 Å². The van der Waals surface area contributed by atoms with Crippen molar-refractivity contribution >= 4 is 44.2 Å². The van der Waals surface area contributed by atoms with E-state index in [1.165, 1.54) is 0 Å². The predicted molar refractivity (Wildman–Crippen MR) is 110 cm³/mol. The number of hydrogen-bond acceptors (Lipinski definition) is 5. The number of hydrogen-bond donors (Lipinski definition) is 1. The molecule has 1 aromatic carbocycles. The molecule has 0 spiro atoms. The maximum Gasteiger partial charge on any atom is 0.356 e. The number of nitrogens with zero attached hydrogens (tertiary/aromatic N) is 1. The second-order valence-electron chi connectivity index (χ2n) is 7.73. The Hall–Kier alpha value is -2.06. The molecule has 1 amide bonds. The van der Waals surface area contributed by atoms with Crippen LogP contribution in [0, 0.1) is 0 Å². The number of aromatic nitrogens is 1. The zero-order valence-electron chi connectivity index (χ0n) is 15.9. The van der Waals surface area contributed by atoms with Crippen molar-refractivity contribution in [3.05, 3.63) is 35.0 Å². The summed E-state index contributed by atoms with van der Waals surface area (Å²) in [4.78, 5) is 30.0. The number of rotatable bonds is 5. The van der Waals surface area contributed by atoms with Crippen molar-refractivity contribution in [2.45, 2.75) is 44.2 Å². The summed E-state index contributed by atoms with van der Waals surface area (Å²) in [6, 6.07) is 6.89. The summed E-state index contributed by atoms with van der Waals surface area (Å²) >= 11 is 6.27. The molecule has 0 bridgehead atoms. The molecule has 2 aliphatic rings. The van der Waals surface area contributed by atoms with Gasteiger partial charge in [-0.1, -0.05) is 42.6 Å². The quantitative estimate of drug-likeness (QED) is 0.724. The molecule has 2 fully saturated rings. The maximum absolute atomic E-state index is 12.9. The van der Waals surface area contributed by atoms with Gasteiger partial charge < -0.3 is 14.6 Å². The van der Waals surface area contributed by atoms with Crippen LogP contribution in [0.5, 0.6) is 0 Å². The van der Waals surface area contributed by atoms with Gasteiger partial charge in [0, 0.05) is 23.0 Å². The summed E-state index contributed by atoms with van der Waals surface area (Å²) in [5.74, 6) is -0.972. The fourth-order valence-electron chi connectivity index (χ4n) is 4.40. The topological polar surface area (TPSA) is 96.5 Å². The first kappa shape index (κ1) is 20.2. The third-order valence-electron chi connectivity index (χ3n) is 5.78. The molecule has 1 saturated carbocycles. The highest BCUT2D eigenvalue weighted by Crippen LogP contribution is 2.30. The summed E-state index contributed by atoms with van der Waals surface area (Å²) in [6.45, 7) is -0.433. The van der Waals surface area contributed by atoms with E-state index in [1.54, 1.807) is 17.0 Å². The number of esters is 1. The minimum atomic E-state index is -3.12. The summed E-state index contributed by atoms with van der Waals surface area (Å²) in [7, 11) is -3.12. The minimum absolute atomic E-state index is 0.0103. The van der Waals surface area contributed by atoms with E-state index in [-0.39, 0.29) is 40.2 Å². The first-order valence-corrected chi connectivity index (χ1v) is 12.0.